The van der Waals surface area contributed by atoms with Crippen LogP contribution in [0.5, 0.6) is 0 Å². The lowest BCUT2D eigenvalue weighted by Gasteiger charge is -2.30. The summed E-state index contributed by atoms with van der Waals surface area (Å²) in [4.78, 5) is 15.6. The van der Waals surface area contributed by atoms with Crippen molar-refractivity contribution in [2.45, 2.75) is 83.6 Å². The minimum absolute atomic E-state index is 0.0533. The minimum Gasteiger partial charge on any atom is -0.506 e. The van der Waals surface area contributed by atoms with Crippen molar-refractivity contribution in [3.05, 3.63) is 93.7 Å². The number of fused-ring (bicyclic) bond motifs is 2. The second kappa shape index (κ2) is 12.4. The number of ether oxygens (including phenoxy) is 2. The number of carbonyl (C=O) groups is 1. The Morgan fingerprint density at radius 1 is 0.936 bits per heavy atom. The molecule has 2 aliphatic heterocycles. The fraction of sp³-hybridized carbons (Fsp3) is 0.459. The number of rotatable bonds is 10. The molecule has 47 heavy (non-hydrogen) atoms. The van der Waals surface area contributed by atoms with E-state index < -0.39 is 22.6 Å². The predicted octanol–water partition coefficient (Wildman–Crippen LogP) is 8.07. The average Bonchev–Trinajstić information content (AvgIpc) is 3.36. The lowest BCUT2D eigenvalue weighted by Crippen LogP contribution is -2.33. The molecule has 0 amide bonds. The molecule has 2 aromatic rings. The first-order valence-corrected chi connectivity index (χ1v) is 15.9. The largest absolute Gasteiger partial charge is 0.506 e. The van der Waals surface area contributed by atoms with Gasteiger partial charge in [-0.25, -0.2) is 4.39 Å². The van der Waals surface area contributed by atoms with Crippen molar-refractivity contribution in [1.82, 2.24) is 0 Å². The number of hydrogen-bond acceptors (Lipinski definition) is 5. The van der Waals surface area contributed by atoms with E-state index in [4.69, 9.17) is 9.47 Å². The molecule has 2 aromatic carbocycles. The Bertz CT molecular complexity index is 1730. The third-order valence-corrected chi connectivity index (χ3v) is 9.96. The molecule has 252 valence electrons. The molecule has 0 bridgehead atoms. The number of benzene rings is 2. The van der Waals surface area contributed by atoms with E-state index in [0.717, 1.165) is 23.4 Å². The third kappa shape index (κ3) is 6.06. The van der Waals surface area contributed by atoms with Gasteiger partial charge in [0.15, 0.2) is 12.3 Å². The van der Waals surface area contributed by atoms with Gasteiger partial charge in [-0.2, -0.15) is 17.7 Å². The molecule has 10 heteroatoms. The van der Waals surface area contributed by atoms with Crippen LogP contribution in [0.4, 0.5) is 28.9 Å². The highest BCUT2D eigenvalue weighted by Crippen LogP contribution is 2.51. The quantitative estimate of drug-likeness (QED) is 0.159. The molecule has 2 heterocycles. The molecule has 1 N–H and O–H groups in total. The summed E-state index contributed by atoms with van der Waals surface area (Å²) in [6.45, 7) is 12.5. The van der Waals surface area contributed by atoms with E-state index in [2.05, 4.69) is 0 Å². The zero-order chi connectivity index (χ0) is 34.6. The maximum Gasteiger partial charge on any atom is 0.416 e. The van der Waals surface area contributed by atoms with Gasteiger partial charge in [-0.15, -0.1) is 0 Å². The van der Waals surface area contributed by atoms with Gasteiger partial charge >= 0.3 is 6.18 Å². The van der Waals surface area contributed by atoms with Crippen LogP contribution >= 0.6 is 0 Å². The van der Waals surface area contributed by atoms with Crippen LogP contribution in [0.2, 0.25) is 0 Å². The molecule has 0 saturated carbocycles. The van der Waals surface area contributed by atoms with Crippen molar-refractivity contribution in [2.75, 3.05) is 32.2 Å². The van der Waals surface area contributed by atoms with Gasteiger partial charge in [0, 0.05) is 61.7 Å². The molecule has 0 aromatic heterocycles. The Morgan fingerprint density at radius 2 is 1.57 bits per heavy atom. The van der Waals surface area contributed by atoms with Crippen molar-refractivity contribution in [3.8, 4) is 0 Å². The molecule has 6 nitrogen and oxygen atoms in total. The summed E-state index contributed by atoms with van der Waals surface area (Å²) in [5.41, 5.74) is 2.17. The number of ketones is 1. The number of alkyl halides is 3. The first-order valence-electron chi connectivity index (χ1n) is 15.9. The van der Waals surface area contributed by atoms with E-state index >= 15 is 0 Å². The van der Waals surface area contributed by atoms with Crippen LogP contribution in [0.25, 0.3) is 0 Å². The highest BCUT2D eigenvalue weighted by molar-refractivity contribution is 6.24. The number of nitrogens with zero attached hydrogens (tertiary/aromatic N) is 2. The van der Waals surface area contributed by atoms with Crippen LogP contribution in [-0.4, -0.2) is 60.7 Å². The number of methoxy groups -OCH3 is 2. The van der Waals surface area contributed by atoms with Gasteiger partial charge in [0.05, 0.1) is 34.3 Å². The first-order chi connectivity index (χ1) is 21.9. The van der Waals surface area contributed by atoms with Crippen molar-refractivity contribution >= 4 is 22.9 Å². The fourth-order valence-corrected chi connectivity index (χ4v) is 6.77. The van der Waals surface area contributed by atoms with Gasteiger partial charge in [0.25, 0.3) is 0 Å². The number of allylic oxidation sites excluding steroid dienone is 5. The summed E-state index contributed by atoms with van der Waals surface area (Å²) in [5, 5.41) is 11.4. The summed E-state index contributed by atoms with van der Waals surface area (Å²) in [7, 11) is 3.20. The summed E-state index contributed by atoms with van der Waals surface area (Å²) in [6, 6.07) is 8.37. The van der Waals surface area contributed by atoms with Gasteiger partial charge in [-0.1, -0.05) is 19.9 Å². The number of aliphatic hydroxyl groups excluding tert-OH is 1. The van der Waals surface area contributed by atoms with Gasteiger partial charge in [-0.3, -0.25) is 4.79 Å². The zero-order valence-electron chi connectivity index (χ0n) is 28.2. The number of Topliss-reactive ketones (excluding diaryl/α,β-unsaturated/α-hetero) is 1. The van der Waals surface area contributed by atoms with Crippen molar-refractivity contribution in [2.24, 2.45) is 0 Å². The number of halogens is 4. The van der Waals surface area contributed by atoms with E-state index in [-0.39, 0.29) is 40.7 Å². The summed E-state index contributed by atoms with van der Waals surface area (Å²) >= 11 is 0. The molecule has 0 fully saturated rings. The molecule has 1 aliphatic carbocycles. The van der Waals surface area contributed by atoms with E-state index in [1.54, 1.807) is 37.3 Å². The van der Waals surface area contributed by atoms with Gasteiger partial charge < -0.3 is 19.5 Å². The standard InChI is InChI=1S/C37H42F4N2O4/c1-21(46-7)13-15-42-29-17-23(37(39,40)41)9-11-27(29)35(3,4)31(42)19-25-33(44)26(34(25)45)20-32-36(5,6)28-12-10-24(38)18-30(28)43(32)16-14-22(2)47-8/h9-12,17-22H,13-16H2,1-8H3/p+1. The lowest BCUT2D eigenvalue weighted by molar-refractivity contribution is -0.440. The Labute approximate surface area is 273 Å². The van der Waals surface area contributed by atoms with Crippen LogP contribution in [0.15, 0.2) is 71.2 Å². The third-order valence-electron chi connectivity index (χ3n) is 9.96. The summed E-state index contributed by atoms with van der Waals surface area (Å²) in [6.07, 6.45) is -0.276. The SMILES string of the molecule is COC(C)CCN1/C(=C\C2=C(O)C(=C\C3=[N+](CCC(C)OC)c4cc(F)ccc4C3(C)C)/C2=O)C(C)(C)c2ccc(C(F)(F)F)cc21. The van der Waals surface area contributed by atoms with Gasteiger partial charge in [-0.05, 0) is 70.0 Å². The second-order valence-electron chi connectivity index (χ2n) is 13.7. The van der Waals surface area contributed by atoms with Crippen LogP contribution in [0.3, 0.4) is 0 Å². The van der Waals surface area contributed by atoms with Crippen LogP contribution in [0, 0.1) is 5.82 Å². The van der Waals surface area contributed by atoms with E-state index in [0.29, 0.717) is 48.6 Å². The maximum atomic E-state index is 14.4. The normalized spacial score (nSPS) is 21.4. The summed E-state index contributed by atoms with van der Waals surface area (Å²) < 4.78 is 68.5. The average molecular weight is 656 g/mol. The predicted molar refractivity (Wildman–Crippen MR) is 174 cm³/mol. The van der Waals surface area contributed by atoms with E-state index in [1.165, 1.54) is 18.2 Å². The number of aliphatic hydroxyl groups is 1. The smallest absolute Gasteiger partial charge is 0.416 e. The summed E-state index contributed by atoms with van der Waals surface area (Å²) in [5.74, 6) is -0.939. The first kappa shape index (κ1) is 34.6. The van der Waals surface area contributed by atoms with Crippen LogP contribution in [0.1, 0.15) is 71.1 Å². The molecular formula is C37H43F4N2O4+. The molecule has 3 aliphatic rings. The topological polar surface area (TPSA) is 62.0 Å². The molecular weight excluding hydrogens is 612 g/mol. The highest BCUT2D eigenvalue weighted by Gasteiger charge is 2.48. The second-order valence-corrected chi connectivity index (χ2v) is 13.7. The number of anilines is 1. The monoisotopic (exact) mass is 655 g/mol. The number of carbonyl (C=O) groups excluding carboxylic acids is 1. The van der Waals surface area contributed by atoms with Gasteiger partial charge in [0.1, 0.15) is 11.6 Å². The van der Waals surface area contributed by atoms with E-state index in [9.17, 15) is 27.5 Å². The van der Waals surface area contributed by atoms with Gasteiger partial charge in [0.2, 0.25) is 11.5 Å². The fourth-order valence-electron chi connectivity index (χ4n) is 6.77. The van der Waals surface area contributed by atoms with Crippen molar-refractivity contribution in [1.29, 1.82) is 0 Å². The molecule has 2 atom stereocenters. The maximum absolute atomic E-state index is 14.4. The van der Waals surface area contributed by atoms with Crippen molar-refractivity contribution in [3.63, 3.8) is 0 Å². The molecule has 0 spiro atoms. The molecule has 0 saturated heterocycles. The Kier molecular flexibility index (Phi) is 9.09. The molecule has 5 rings (SSSR count). The Balaban J connectivity index is 1.59. The Morgan fingerprint density at radius 3 is 2.19 bits per heavy atom. The van der Waals surface area contributed by atoms with Crippen LogP contribution in [-0.2, 0) is 31.3 Å². The van der Waals surface area contributed by atoms with Crippen molar-refractivity contribution < 1.29 is 41.5 Å². The zero-order valence-corrected chi connectivity index (χ0v) is 28.2. The Hall–Kier alpha value is -3.76. The number of hydrogen-bond donors (Lipinski definition) is 1. The van der Waals surface area contributed by atoms with E-state index in [1.807, 2.05) is 46.1 Å². The van der Waals surface area contributed by atoms with Crippen LogP contribution < -0.4 is 4.90 Å². The molecule has 0 radical (unpaired) electrons. The molecule has 2 unspecified atom stereocenters. The lowest BCUT2D eigenvalue weighted by atomic mass is 9.77. The highest BCUT2D eigenvalue weighted by atomic mass is 19.4. The minimum atomic E-state index is -4.52.